The SMILES string of the molecule is O=C(C=Cc1ccc(-n2ccnc2)cc1)NCC1CCCC(O)C1. The maximum Gasteiger partial charge on any atom is 0.244 e. The van der Waals surface area contributed by atoms with Gasteiger partial charge in [0.2, 0.25) is 5.91 Å². The summed E-state index contributed by atoms with van der Waals surface area (Å²) in [6.07, 6.45) is 12.3. The summed E-state index contributed by atoms with van der Waals surface area (Å²) in [6, 6.07) is 7.92. The van der Waals surface area contributed by atoms with Gasteiger partial charge in [-0.3, -0.25) is 4.79 Å². The number of carbonyl (C=O) groups is 1. The number of hydrogen-bond donors (Lipinski definition) is 2. The van der Waals surface area contributed by atoms with Gasteiger partial charge in [0.15, 0.2) is 0 Å². The van der Waals surface area contributed by atoms with Crippen molar-refractivity contribution in [2.24, 2.45) is 5.92 Å². The highest BCUT2D eigenvalue weighted by Gasteiger charge is 2.20. The van der Waals surface area contributed by atoms with E-state index < -0.39 is 0 Å². The molecular weight excluding hydrogens is 302 g/mol. The van der Waals surface area contributed by atoms with Gasteiger partial charge in [-0.15, -0.1) is 0 Å². The van der Waals surface area contributed by atoms with Gasteiger partial charge in [0.1, 0.15) is 0 Å². The van der Waals surface area contributed by atoms with Crippen molar-refractivity contribution in [1.29, 1.82) is 0 Å². The minimum absolute atomic E-state index is 0.0891. The Morgan fingerprint density at radius 1 is 1.33 bits per heavy atom. The Hall–Kier alpha value is -2.40. The summed E-state index contributed by atoms with van der Waals surface area (Å²) in [4.78, 5) is 15.9. The largest absolute Gasteiger partial charge is 0.393 e. The van der Waals surface area contributed by atoms with E-state index in [1.165, 1.54) is 0 Å². The first-order valence-corrected chi connectivity index (χ1v) is 8.43. The van der Waals surface area contributed by atoms with E-state index in [0.29, 0.717) is 12.5 Å². The van der Waals surface area contributed by atoms with E-state index in [1.807, 2.05) is 41.1 Å². The topological polar surface area (TPSA) is 67.2 Å². The molecule has 0 bridgehead atoms. The quantitative estimate of drug-likeness (QED) is 0.830. The highest BCUT2D eigenvalue weighted by atomic mass is 16.3. The predicted molar refractivity (Wildman–Crippen MR) is 93.6 cm³/mol. The molecule has 0 aliphatic heterocycles. The highest BCUT2D eigenvalue weighted by Crippen LogP contribution is 2.23. The van der Waals surface area contributed by atoms with Crippen LogP contribution < -0.4 is 5.32 Å². The molecule has 1 aromatic carbocycles. The van der Waals surface area contributed by atoms with E-state index in [-0.39, 0.29) is 12.0 Å². The normalized spacial score (nSPS) is 21.0. The number of nitrogens with zero attached hydrogens (tertiary/aromatic N) is 2. The number of carbonyl (C=O) groups excluding carboxylic acids is 1. The van der Waals surface area contributed by atoms with E-state index in [1.54, 1.807) is 18.6 Å². The third-order valence-corrected chi connectivity index (χ3v) is 4.44. The Kier molecular flexibility index (Phi) is 5.43. The molecule has 1 aliphatic carbocycles. The van der Waals surface area contributed by atoms with Crippen LogP contribution in [0.4, 0.5) is 0 Å². The number of aliphatic hydroxyl groups excluding tert-OH is 1. The van der Waals surface area contributed by atoms with E-state index in [0.717, 1.165) is 36.9 Å². The zero-order valence-corrected chi connectivity index (χ0v) is 13.6. The Morgan fingerprint density at radius 2 is 2.17 bits per heavy atom. The van der Waals surface area contributed by atoms with Crippen LogP contribution in [0.1, 0.15) is 31.2 Å². The molecule has 1 amide bonds. The molecule has 1 aromatic heterocycles. The number of aliphatic hydroxyl groups is 1. The van der Waals surface area contributed by atoms with Crippen molar-refractivity contribution in [3.63, 3.8) is 0 Å². The molecule has 0 spiro atoms. The van der Waals surface area contributed by atoms with Gasteiger partial charge in [-0.05, 0) is 49.0 Å². The molecule has 0 radical (unpaired) electrons. The van der Waals surface area contributed by atoms with E-state index in [2.05, 4.69) is 10.3 Å². The second-order valence-corrected chi connectivity index (χ2v) is 6.33. The number of aromatic nitrogens is 2. The predicted octanol–water partition coefficient (Wildman–Crippen LogP) is 2.55. The van der Waals surface area contributed by atoms with Crippen LogP contribution in [0.15, 0.2) is 49.1 Å². The number of rotatable bonds is 5. The smallest absolute Gasteiger partial charge is 0.244 e. The van der Waals surface area contributed by atoms with Crippen molar-refractivity contribution in [3.8, 4) is 5.69 Å². The highest BCUT2D eigenvalue weighted by molar-refractivity contribution is 5.91. The van der Waals surface area contributed by atoms with Crippen LogP contribution in [-0.4, -0.2) is 33.2 Å². The molecule has 2 atom stereocenters. The number of imidazole rings is 1. The molecule has 5 heteroatoms. The minimum atomic E-state index is -0.204. The molecule has 1 aliphatic rings. The number of hydrogen-bond acceptors (Lipinski definition) is 3. The molecule has 5 nitrogen and oxygen atoms in total. The van der Waals surface area contributed by atoms with Gasteiger partial charge in [-0.25, -0.2) is 4.98 Å². The number of benzene rings is 1. The summed E-state index contributed by atoms with van der Waals surface area (Å²) in [5.41, 5.74) is 2.01. The van der Waals surface area contributed by atoms with Crippen LogP contribution in [0.3, 0.4) is 0 Å². The maximum atomic E-state index is 11.9. The molecule has 126 valence electrons. The Labute approximate surface area is 142 Å². The van der Waals surface area contributed by atoms with Crippen LogP contribution in [-0.2, 0) is 4.79 Å². The number of amides is 1. The van der Waals surface area contributed by atoms with Crippen molar-refractivity contribution < 1.29 is 9.90 Å². The molecule has 3 rings (SSSR count). The molecule has 2 aromatic rings. The first-order valence-electron chi connectivity index (χ1n) is 8.43. The fraction of sp³-hybridized carbons (Fsp3) is 0.368. The minimum Gasteiger partial charge on any atom is -0.393 e. The van der Waals surface area contributed by atoms with Gasteiger partial charge in [-0.1, -0.05) is 18.6 Å². The molecule has 2 unspecified atom stereocenters. The molecular formula is C19H23N3O2. The molecule has 2 N–H and O–H groups in total. The van der Waals surface area contributed by atoms with Crippen molar-refractivity contribution >= 4 is 12.0 Å². The van der Waals surface area contributed by atoms with Gasteiger partial charge in [0, 0.05) is 30.7 Å². The van der Waals surface area contributed by atoms with Crippen molar-refractivity contribution in [2.75, 3.05) is 6.54 Å². The second kappa shape index (κ2) is 7.93. The summed E-state index contributed by atoms with van der Waals surface area (Å²) in [7, 11) is 0. The number of nitrogens with one attached hydrogen (secondary N) is 1. The summed E-state index contributed by atoms with van der Waals surface area (Å²) in [5.74, 6) is 0.300. The summed E-state index contributed by atoms with van der Waals surface area (Å²) in [5, 5.41) is 12.6. The third kappa shape index (κ3) is 4.55. The van der Waals surface area contributed by atoms with E-state index in [9.17, 15) is 9.90 Å². The van der Waals surface area contributed by atoms with Gasteiger partial charge >= 0.3 is 0 Å². The van der Waals surface area contributed by atoms with Crippen LogP contribution >= 0.6 is 0 Å². The van der Waals surface area contributed by atoms with E-state index >= 15 is 0 Å². The zero-order chi connectivity index (χ0) is 16.8. The average Bonchev–Trinajstić information content (AvgIpc) is 3.13. The maximum absolute atomic E-state index is 11.9. The fourth-order valence-electron chi connectivity index (χ4n) is 3.09. The van der Waals surface area contributed by atoms with Crippen LogP contribution in [0.2, 0.25) is 0 Å². The van der Waals surface area contributed by atoms with Crippen LogP contribution in [0.25, 0.3) is 11.8 Å². The molecule has 0 saturated heterocycles. The first kappa shape index (κ1) is 16.5. The lowest BCUT2D eigenvalue weighted by Crippen LogP contribution is -2.32. The molecule has 1 saturated carbocycles. The van der Waals surface area contributed by atoms with Crippen LogP contribution in [0.5, 0.6) is 0 Å². The second-order valence-electron chi connectivity index (χ2n) is 6.33. The monoisotopic (exact) mass is 325 g/mol. The first-order chi connectivity index (χ1) is 11.7. The summed E-state index contributed by atoms with van der Waals surface area (Å²) in [6.45, 7) is 0.639. The van der Waals surface area contributed by atoms with Gasteiger partial charge in [0.25, 0.3) is 0 Å². The van der Waals surface area contributed by atoms with Gasteiger partial charge < -0.3 is 15.0 Å². The average molecular weight is 325 g/mol. The zero-order valence-electron chi connectivity index (χ0n) is 13.6. The Balaban J connectivity index is 1.49. The third-order valence-electron chi connectivity index (χ3n) is 4.44. The Morgan fingerprint density at radius 3 is 2.88 bits per heavy atom. The molecule has 24 heavy (non-hydrogen) atoms. The van der Waals surface area contributed by atoms with Crippen molar-refractivity contribution in [3.05, 3.63) is 54.6 Å². The van der Waals surface area contributed by atoms with Crippen molar-refractivity contribution in [2.45, 2.75) is 31.8 Å². The lowest BCUT2D eigenvalue weighted by molar-refractivity contribution is -0.116. The fourth-order valence-corrected chi connectivity index (χ4v) is 3.09. The lowest BCUT2D eigenvalue weighted by atomic mass is 9.87. The van der Waals surface area contributed by atoms with Gasteiger partial charge in [0.05, 0.1) is 12.4 Å². The van der Waals surface area contributed by atoms with Gasteiger partial charge in [-0.2, -0.15) is 0 Å². The summed E-state index contributed by atoms with van der Waals surface area (Å²) < 4.78 is 1.93. The standard InChI is InChI=1S/C19H23N3O2/c23-18-3-1-2-16(12-18)13-21-19(24)9-6-15-4-7-17(8-5-15)22-11-10-20-14-22/h4-11,14,16,18,23H,1-3,12-13H2,(H,21,24). The Bertz CT molecular complexity index is 677. The molecule has 1 heterocycles. The lowest BCUT2D eigenvalue weighted by Gasteiger charge is -2.25. The van der Waals surface area contributed by atoms with Crippen LogP contribution in [0, 0.1) is 5.92 Å². The summed E-state index contributed by atoms with van der Waals surface area (Å²) >= 11 is 0. The molecule has 1 fully saturated rings. The van der Waals surface area contributed by atoms with E-state index in [4.69, 9.17) is 0 Å². The van der Waals surface area contributed by atoms with Crippen molar-refractivity contribution in [1.82, 2.24) is 14.9 Å².